The number of rotatable bonds is 8. The molecule has 1 aromatic heterocycles. The maximum absolute atomic E-state index is 12.2. The third-order valence-corrected chi connectivity index (χ3v) is 4.92. The number of benzene rings is 1. The maximum atomic E-state index is 12.2. The number of aromatic nitrogens is 2. The van der Waals surface area contributed by atoms with E-state index in [-0.39, 0.29) is 5.91 Å². The molecule has 0 atom stereocenters. The van der Waals surface area contributed by atoms with Crippen LogP contribution in [0.2, 0.25) is 0 Å². The first-order valence-corrected chi connectivity index (χ1v) is 9.91. The van der Waals surface area contributed by atoms with Crippen molar-refractivity contribution in [2.75, 3.05) is 39.3 Å². The summed E-state index contributed by atoms with van der Waals surface area (Å²) in [7, 11) is 0. The van der Waals surface area contributed by atoms with Gasteiger partial charge in [-0.15, -0.1) is 0 Å². The van der Waals surface area contributed by atoms with Crippen LogP contribution in [-0.4, -0.2) is 65.2 Å². The van der Waals surface area contributed by atoms with Crippen molar-refractivity contribution in [3.05, 3.63) is 53.3 Å². The first kappa shape index (κ1) is 19.6. The van der Waals surface area contributed by atoms with E-state index in [2.05, 4.69) is 69.5 Å². The normalized spacial score (nSPS) is 16.0. The number of hydrogen-bond acceptors (Lipinski definition) is 4. The second-order valence-corrected chi connectivity index (χ2v) is 7.74. The van der Waals surface area contributed by atoms with E-state index < -0.39 is 0 Å². The molecule has 2 aromatic rings. The van der Waals surface area contributed by atoms with Crippen LogP contribution in [0.25, 0.3) is 0 Å². The van der Waals surface area contributed by atoms with Gasteiger partial charge in [-0.2, -0.15) is 5.10 Å². The Balaban J connectivity index is 1.34. The predicted molar refractivity (Wildman–Crippen MR) is 108 cm³/mol. The molecular weight excluding hydrogens is 338 g/mol. The summed E-state index contributed by atoms with van der Waals surface area (Å²) in [5.74, 6) is 0.450. The highest BCUT2D eigenvalue weighted by molar-refractivity contribution is 5.92. The van der Waals surface area contributed by atoms with E-state index in [9.17, 15) is 4.79 Å². The molecule has 3 rings (SSSR count). The number of H-pyrrole nitrogens is 1. The Morgan fingerprint density at radius 2 is 1.85 bits per heavy atom. The summed E-state index contributed by atoms with van der Waals surface area (Å²) in [5.41, 5.74) is 2.87. The van der Waals surface area contributed by atoms with Crippen LogP contribution in [-0.2, 0) is 13.0 Å². The smallest absolute Gasteiger partial charge is 0.271 e. The van der Waals surface area contributed by atoms with E-state index in [0.717, 1.165) is 51.4 Å². The van der Waals surface area contributed by atoms with Crippen molar-refractivity contribution in [2.24, 2.45) is 5.92 Å². The van der Waals surface area contributed by atoms with E-state index in [1.54, 1.807) is 0 Å². The predicted octanol–water partition coefficient (Wildman–Crippen LogP) is 2.16. The molecule has 1 amide bonds. The molecule has 27 heavy (non-hydrogen) atoms. The highest BCUT2D eigenvalue weighted by Crippen LogP contribution is 2.09. The molecule has 1 aliphatic heterocycles. The summed E-state index contributed by atoms with van der Waals surface area (Å²) in [6.07, 6.45) is 0.910. The maximum Gasteiger partial charge on any atom is 0.271 e. The number of hydrogen-bond donors (Lipinski definition) is 2. The lowest BCUT2D eigenvalue weighted by Crippen LogP contribution is -2.48. The Kier molecular flexibility index (Phi) is 7.01. The molecule has 0 spiro atoms. The van der Waals surface area contributed by atoms with Crippen LogP contribution in [0.4, 0.5) is 0 Å². The molecule has 0 unspecified atom stereocenters. The van der Waals surface area contributed by atoms with Gasteiger partial charge in [-0.1, -0.05) is 44.2 Å². The van der Waals surface area contributed by atoms with Crippen molar-refractivity contribution >= 4 is 5.91 Å². The Morgan fingerprint density at radius 1 is 1.15 bits per heavy atom. The monoisotopic (exact) mass is 369 g/mol. The Morgan fingerprint density at radius 3 is 2.56 bits per heavy atom. The summed E-state index contributed by atoms with van der Waals surface area (Å²) >= 11 is 0. The van der Waals surface area contributed by atoms with Gasteiger partial charge < -0.3 is 5.32 Å². The molecule has 6 nitrogen and oxygen atoms in total. The summed E-state index contributed by atoms with van der Waals surface area (Å²) in [4.78, 5) is 17.1. The quantitative estimate of drug-likeness (QED) is 0.748. The van der Waals surface area contributed by atoms with Gasteiger partial charge in [0, 0.05) is 51.5 Å². The number of aromatic amines is 1. The minimum Gasteiger partial charge on any atom is -0.349 e. The lowest BCUT2D eigenvalue weighted by atomic mass is 10.1. The zero-order chi connectivity index (χ0) is 19.1. The first-order chi connectivity index (χ1) is 13.1. The average molecular weight is 370 g/mol. The molecule has 1 aromatic carbocycles. The highest BCUT2D eigenvalue weighted by atomic mass is 16.1. The number of carbonyl (C=O) groups excluding carboxylic acids is 1. The minimum absolute atomic E-state index is 0.0935. The minimum atomic E-state index is -0.0935. The molecule has 0 saturated carbocycles. The molecule has 1 fully saturated rings. The summed E-state index contributed by atoms with van der Waals surface area (Å²) in [6.45, 7) is 11.1. The van der Waals surface area contributed by atoms with Crippen LogP contribution in [0.3, 0.4) is 0 Å². The molecule has 6 heteroatoms. The fourth-order valence-electron chi connectivity index (χ4n) is 3.45. The second kappa shape index (κ2) is 9.67. The topological polar surface area (TPSA) is 64.3 Å². The van der Waals surface area contributed by atoms with Gasteiger partial charge >= 0.3 is 0 Å². The summed E-state index contributed by atoms with van der Waals surface area (Å²) in [5, 5.41) is 10.1. The standard InChI is InChI=1S/C21H31N5O/c1-17(2)14-19-15-20(24-23-19)21(27)22-8-9-25-10-12-26(13-11-25)16-18-6-4-3-5-7-18/h3-7,15,17H,8-14,16H2,1-2H3,(H,22,27)(H,23,24). The fraction of sp³-hybridized carbons (Fsp3) is 0.524. The van der Waals surface area contributed by atoms with Gasteiger partial charge in [-0.3, -0.25) is 19.7 Å². The van der Waals surface area contributed by atoms with Crippen LogP contribution >= 0.6 is 0 Å². The van der Waals surface area contributed by atoms with Gasteiger partial charge in [0.05, 0.1) is 0 Å². The molecule has 1 saturated heterocycles. The molecule has 0 aliphatic carbocycles. The number of nitrogens with one attached hydrogen (secondary N) is 2. The van der Waals surface area contributed by atoms with Gasteiger partial charge in [-0.05, 0) is 24.0 Å². The third-order valence-electron chi connectivity index (χ3n) is 4.92. The van der Waals surface area contributed by atoms with E-state index in [0.29, 0.717) is 18.2 Å². The Labute approximate surface area is 161 Å². The third kappa shape index (κ3) is 6.19. The molecule has 0 radical (unpaired) electrons. The fourth-order valence-corrected chi connectivity index (χ4v) is 3.45. The summed E-state index contributed by atoms with van der Waals surface area (Å²) < 4.78 is 0. The van der Waals surface area contributed by atoms with Gasteiger partial charge in [0.25, 0.3) is 5.91 Å². The van der Waals surface area contributed by atoms with Gasteiger partial charge in [-0.25, -0.2) is 0 Å². The van der Waals surface area contributed by atoms with E-state index in [1.165, 1.54) is 5.56 Å². The zero-order valence-corrected chi connectivity index (χ0v) is 16.4. The van der Waals surface area contributed by atoms with Gasteiger partial charge in [0.1, 0.15) is 5.69 Å². The number of nitrogens with zero attached hydrogens (tertiary/aromatic N) is 3. The van der Waals surface area contributed by atoms with Crippen molar-refractivity contribution in [3.8, 4) is 0 Å². The van der Waals surface area contributed by atoms with Crippen LogP contribution in [0.1, 0.15) is 35.6 Å². The van der Waals surface area contributed by atoms with Crippen LogP contribution in [0.15, 0.2) is 36.4 Å². The number of piperazine rings is 1. The number of carbonyl (C=O) groups is 1. The molecule has 2 heterocycles. The largest absolute Gasteiger partial charge is 0.349 e. The first-order valence-electron chi connectivity index (χ1n) is 9.91. The van der Waals surface area contributed by atoms with Crippen molar-refractivity contribution in [1.82, 2.24) is 25.3 Å². The Bertz CT molecular complexity index is 704. The average Bonchev–Trinajstić information content (AvgIpc) is 3.12. The number of amides is 1. The highest BCUT2D eigenvalue weighted by Gasteiger charge is 2.17. The van der Waals surface area contributed by atoms with Gasteiger partial charge in [0.2, 0.25) is 0 Å². The van der Waals surface area contributed by atoms with E-state index in [4.69, 9.17) is 0 Å². The zero-order valence-electron chi connectivity index (χ0n) is 16.4. The summed E-state index contributed by atoms with van der Waals surface area (Å²) in [6, 6.07) is 12.5. The second-order valence-electron chi connectivity index (χ2n) is 7.74. The van der Waals surface area contributed by atoms with Crippen LogP contribution < -0.4 is 5.32 Å². The van der Waals surface area contributed by atoms with Crippen molar-refractivity contribution in [3.63, 3.8) is 0 Å². The van der Waals surface area contributed by atoms with Crippen molar-refractivity contribution in [1.29, 1.82) is 0 Å². The molecule has 0 bridgehead atoms. The van der Waals surface area contributed by atoms with Gasteiger partial charge in [0.15, 0.2) is 0 Å². The lowest BCUT2D eigenvalue weighted by molar-refractivity contribution is 0.0929. The van der Waals surface area contributed by atoms with Crippen molar-refractivity contribution in [2.45, 2.75) is 26.8 Å². The molecular formula is C21H31N5O. The lowest BCUT2D eigenvalue weighted by Gasteiger charge is -2.34. The van der Waals surface area contributed by atoms with Crippen molar-refractivity contribution < 1.29 is 4.79 Å². The molecule has 1 aliphatic rings. The Hall–Kier alpha value is -2.18. The van der Waals surface area contributed by atoms with E-state index in [1.807, 2.05) is 6.07 Å². The molecule has 146 valence electrons. The molecule has 2 N–H and O–H groups in total. The van der Waals surface area contributed by atoms with E-state index >= 15 is 0 Å². The SMILES string of the molecule is CC(C)Cc1cc(C(=O)NCCN2CCN(Cc3ccccc3)CC2)n[nH]1. The van der Waals surface area contributed by atoms with Crippen LogP contribution in [0, 0.1) is 5.92 Å². The van der Waals surface area contributed by atoms with Crippen LogP contribution in [0.5, 0.6) is 0 Å².